The normalized spacial score (nSPS) is 10.1. The van der Waals surface area contributed by atoms with Gasteiger partial charge in [-0.15, -0.1) is 0 Å². The minimum Gasteiger partial charge on any atom is -0.494 e. The van der Waals surface area contributed by atoms with Gasteiger partial charge < -0.3 is 9.47 Å². The molecule has 0 radical (unpaired) electrons. The summed E-state index contributed by atoms with van der Waals surface area (Å²) in [6, 6.07) is 24.3. The molecule has 0 fully saturated rings. The van der Waals surface area contributed by atoms with E-state index in [0.717, 1.165) is 81.1 Å². The zero-order chi connectivity index (χ0) is 30.6. The van der Waals surface area contributed by atoms with Crippen molar-refractivity contribution in [3.8, 4) is 35.5 Å². The lowest BCUT2D eigenvalue weighted by atomic mass is 9.99. The smallest absolute Gasteiger partial charge is 0.330 e. The number of nitriles is 1. The molecule has 214 valence electrons. The van der Waals surface area contributed by atoms with Crippen molar-refractivity contribution in [1.82, 2.24) is 0 Å². The van der Waals surface area contributed by atoms with Crippen molar-refractivity contribution in [3.63, 3.8) is 0 Å². The van der Waals surface area contributed by atoms with Gasteiger partial charge >= 0.3 is 5.97 Å². The Morgan fingerprint density at radius 1 is 0.698 bits per heavy atom. The van der Waals surface area contributed by atoms with E-state index in [4.69, 9.17) is 14.7 Å². The molecular formula is C39H35NO3. The fraction of sp³-hybridized carbons (Fsp3) is 0.231. The molecule has 0 saturated heterocycles. The molecule has 0 aromatic heterocycles. The number of ether oxygens (including phenoxy) is 2. The van der Waals surface area contributed by atoms with E-state index in [0.29, 0.717) is 18.8 Å². The Kier molecular flexibility index (Phi) is 10.8. The molecule has 0 amide bonds. The van der Waals surface area contributed by atoms with Crippen LogP contribution in [0.4, 0.5) is 0 Å². The number of fused-ring (bicyclic) bond motifs is 1. The van der Waals surface area contributed by atoms with Crippen LogP contribution in [0, 0.1) is 55.8 Å². The van der Waals surface area contributed by atoms with E-state index in [9.17, 15) is 4.79 Å². The maximum Gasteiger partial charge on any atom is 0.330 e. The second kappa shape index (κ2) is 15.1. The molecule has 4 heteroatoms. The molecule has 0 saturated carbocycles. The van der Waals surface area contributed by atoms with Crippen LogP contribution in [-0.2, 0) is 9.53 Å². The van der Waals surface area contributed by atoms with Gasteiger partial charge in [-0.1, -0.05) is 42.4 Å². The van der Waals surface area contributed by atoms with Crippen LogP contribution in [0.5, 0.6) is 5.75 Å². The van der Waals surface area contributed by atoms with Gasteiger partial charge in [0.25, 0.3) is 0 Å². The van der Waals surface area contributed by atoms with Gasteiger partial charge in [0.2, 0.25) is 0 Å². The molecule has 0 spiro atoms. The van der Waals surface area contributed by atoms with Crippen LogP contribution in [0.2, 0.25) is 0 Å². The second-order valence-corrected chi connectivity index (χ2v) is 10.5. The van der Waals surface area contributed by atoms with E-state index in [1.807, 2.05) is 31.2 Å². The summed E-state index contributed by atoms with van der Waals surface area (Å²) in [5, 5.41) is 11.3. The van der Waals surface area contributed by atoms with Crippen molar-refractivity contribution in [2.75, 3.05) is 13.2 Å². The van der Waals surface area contributed by atoms with E-state index in [1.54, 1.807) is 6.07 Å². The lowest BCUT2D eigenvalue weighted by Crippen LogP contribution is -2.02. The predicted molar refractivity (Wildman–Crippen MR) is 173 cm³/mol. The van der Waals surface area contributed by atoms with Crippen LogP contribution in [0.15, 0.2) is 79.4 Å². The minimum absolute atomic E-state index is 0.367. The fourth-order valence-electron chi connectivity index (χ4n) is 4.60. The predicted octanol–water partition coefficient (Wildman–Crippen LogP) is 8.10. The third-order valence-electron chi connectivity index (χ3n) is 7.13. The summed E-state index contributed by atoms with van der Waals surface area (Å²) in [6.07, 6.45) is 5.00. The average molecular weight is 566 g/mol. The largest absolute Gasteiger partial charge is 0.494 e. The van der Waals surface area contributed by atoms with Crippen LogP contribution in [0.3, 0.4) is 0 Å². The SMILES string of the molecule is C=CC(=O)OCCCCCCOc1ccc2cc(C#Cc3cc(C)c(C#Cc4ccc(C#N)cc4C)cc3C)ccc2c1. The Balaban J connectivity index is 1.35. The van der Waals surface area contributed by atoms with Gasteiger partial charge in [0, 0.05) is 28.3 Å². The maximum atomic E-state index is 11.0. The molecule has 0 aliphatic heterocycles. The number of rotatable bonds is 9. The van der Waals surface area contributed by atoms with E-state index >= 15 is 0 Å². The molecule has 4 nitrogen and oxygen atoms in total. The van der Waals surface area contributed by atoms with Crippen LogP contribution in [0.1, 0.15) is 70.2 Å². The van der Waals surface area contributed by atoms with Crippen molar-refractivity contribution >= 4 is 16.7 Å². The average Bonchev–Trinajstić information content (AvgIpc) is 3.01. The summed E-state index contributed by atoms with van der Waals surface area (Å²) in [5.41, 5.74) is 7.64. The molecule has 0 heterocycles. The molecule has 0 N–H and O–H groups in total. The van der Waals surface area contributed by atoms with Crippen molar-refractivity contribution in [1.29, 1.82) is 5.26 Å². The van der Waals surface area contributed by atoms with Crippen molar-refractivity contribution in [3.05, 3.63) is 124 Å². The number of benzene rings is 4. The Morgan fingerprint density at radius 2 is 1.30 bits per heavy atom. The van der Waals surface area contributed by atoms with Crippen LogP contribution in [0.25, 0.3) is 10.8 Å². The number of esters is 1. The quantitative estimate of drug-likeness (QED) is 0.0890. The number of carbonyl (C=O) groups excluding carboxylic acids is 1. The van der Waals surface area contributed by atoms with E-state index in [-0.39, 0.29) is 5.97 Å². The van der Waals surface area contributed by atoms with Gasteiger partial charge in [-0.05, 0) is 129 Å². The topological polar surface area (TPSA) is 59.3 Å². The van der Waals surface area contributed by atoms with Gasteiger partial charge in [0.1, 0.15) is 5.75 Å². The van der Waals surface area contributed by atoms with Crippen molar-refractivity contribution in [2.45, 2.75) is 46.5 Å². The number of hydrogen-bond donors (Lipinski definition) is 0. The third kappa shape index (κ3) is 8.87. The summed E-state index contributed by atoms with van der Waals surface area (Å²) >= 11 is 0. The molecular weight excluding hydrogens is 530 g/mol. The highest BCUT2D eigenvalue weighted by molar-refractivity contribution is 5.85. The summed E-state index contributed by atoms with van der Waals surface area (Å²) in [7, 11) is 0. The molecule has 0 bridgehead atoms. The molecule has 4 aromatic carbocycles. The number of nitrogens with zero attached hydrogens (tertiary/aromatic N) is 1. The summed E-state index contributed by atoms with van der Waals surface area (Å²) in [4.78, 5) is 11.0. The van der Waals surface area contributed by atoms with Gasteiger partial charge in [-0.2, -0.15) is 5.26 Å². The standard InChI is InChI=1S/C39H35NO3/c1-5-39(41)43-21-9-7-6-8-20-42-38-19-18-36-25-31(11-15-37(36)26-38)10-14-34-23-30(4)35(24-29(34)3)17-16-33-13-12-32(27-40)22-28(33)2/h5,11-13,15,18-19,22-26H,1,6-9,20-21H2,2-4H3. The highest BCUT2D eigenvalue weighted by Gasteiger charge is 2.04. The highest BCUT2D eigenvalue weighted by atomic mass is 16.5. The van der Waals surface area contributed by atoms with Gasteiger partial charge in [0.05, 0.1) is 24.8 Å². The number of carbonyl (C=O) groups is 1. The summed E-state index contributed by atoms with van der Waals surface area (Å²) < 4.78 is 10.9. The summed E-state index contributed by atoms with van der Waals surface area (Å²) in [5.74, 6) is 13.7. The molecule has 4 rings (SSSR count). The maximum absolute atomic E-state index is 11.0. The minimum atomic E-state index is -0.367. The van der Waals surface area contributed by atoms with Gasteiger partial charge in [-0.25, -0.2) is 4.79 Å². The zero-order valence-corrected chi connectivity index (χ0v) is 25.0. The molecule has 0 aliphatic rings. The molecule has 0 unspecified atom stereocenters. The van der Waals surface area contributed by atoms with Gasteiger partial charge in [0.15, 0.2) is 0 Å². The first kappa shape index (κ1) is 30.7. The van der Waals surface area contributed by atoms with Crippen molar-refractivity contribution in [2.24, 2.45) is 0 Å². The van der Waals surface area contributed by atoms with Crippen molar-refractivity contribution < 1.29 is 14.3 Å². The molecule has 43 heavy (non-hydrogen) atoms. The number of unbranched alkanes of at least 4 members (excludes halogenated alkanes) is 3. The molecule has 0 aliphatic carbocycles. The number of hydrogen-bond acceptors (Lipinski definition) is 4. The van der Waals surface area contributed by atoms with E-state index in [2.05, 4.69) is 86.6 Å². The molecule has 0 atom stereocenters. The Bertz CT molecular complexity index is 1820. The fourth-order valence-corrected chi connectivity index (χ4v) is 4.60. The van der Waals surface area contributed by atoms with E-state index < -0.39 is 0 Å². The lowest BCUT2D eigenvalue weighted by molar-refractivity contribution is -0.137. The monoisotopic (exact) mass is 565 g/mol. The van der Waals surface area contributed by atoms with Crippen LogP contribution in [-0.4, -0.2) is 19.2 Å². The Hall–Kier alpha value is -5.24. The van der Waals surface area contributed by atoms with Gasteiger partial charge in [-0.3, -0.25) is 0 Å². The first-order valence-corrected chi connectivity index (χ1v) is 14.5. The third-order valence-corrected chi connectivity index (χ3v) is 7.13. The Morgan fingerprint density at radius 3 is 2.00 bits per heavy atom. The lowest BCUT2D eigenvalue weighted by Gasteiger charge is -2.08. The highest BCUT2D eigenvalue weighted by Crippen LogP contribution is 2.23. The van der Waals surface area contributed by atoms with Crippen LogP contribution >= 0.6 is 0 Å². The Labute approximate surface area is 255 Å². The second-order valence-electron chi connectivity index (χ2n) is 10.5. The first-order valence-electron chi connectivity index (χ1n) is 14.5. The first-order chi connectivity index (χ1) is 20.9. The molecule has 4 aromatic rings. The zero-order valence-electron chi connectivity index (χ0n) is 25.0. The van der Waals surface area contributed by atoms with Crippen LogP contribution < -0.4 is 4.74 Å². The van der Waals surface area contributed by atoms with E-state index in [1.165, 1.54) is 6.08 Å². The number of aryl methyl sites for hydroxylation is 3. The summed E-state index contributed by atoms with van der Waals surface area (Å²) in [6.45, 7) is 10.6.